The average molecular weight is 526 g/mol. The van der Waals surface area contributed by atoms with Gasteiger partial charge in [-0.3, -0.25) is 10.1 Å². The van der Waals surface area contributed by atoms with Crippen molar-refractivity contribution in [3.8, 4) is 17.3 Å². The zero-order valence-corrected chi connectivity index (χ0v) is 23.4. The molecule has 0 radical (unpaired) electrons. The van der Waals surface area contributed by atoms with Crippen LogP contribution >= 0.6 is 0 Å². The summed E-state index contributed by atoms with van der Waals surface area (Å²) in [5.74, 6) is 2.97. The van der Waals surface area contributed by atoms with Crippen LogP contribution in [0.25, 0.3) is 11.0 Å². The molecule has 0 fully saturated rings. The van der Waals surface area contributed by atoms with Crippen molar-refractivity contribution in [3.63, 3.8) is 0 Å². The highest BCUT2D eigenvalue weighted by atomic mass is 28.3. The normalized spacial score (nSPS) is 11.4. The van der Waals surface area contributed by atoms with Gasteiger partial charge in [-0.1, -0.05) is 82.7 Å². The molecule has 38 heavy (non-hydrogen) atoms. The van der Waals surface area contributed by atoms with E-state index in [4.69, 9.17) is 4.74 Å². The first-order valence-corrected chi connectivity index (χ1v) is 15.8. The predicted octanol–water partition coefficient (Wildman–Crippen LogP) is 6.51. The number of benzene rings is 2. The van der Waals surface area contributed by atoms with Crippen LogP contribution in [-0.2, 0) is 4.79 Å². The van der Waals surface area contributed by atoms with Gasteiger partial charge in [0.25, 0.3) is 0 Å². The number of carbonyl (C=O) groups excluding carboxylic acids is 2. The van der Waals surface area contributed by atoms with Gasteiger partial charge in [-0.25, -0.2) is 9.69 Å². The number of anilines is 3. The number of carbonyl (C=O) groups is 2. The van der Waals surface area contributed by atoms with Gasteiger partial charge in [0.15, 0.2) is 0 Å². The van der Waals surface area contributed by atoms with Crippen LogP contribution in [0.15, 0.2) is 66.9 Å². The number of para-hydroxylation sites is 2. The van der Waals surface area contributed by atoms with E-state index in [0.717, 1.165) is 0 Å². The molecule has 0 atom stereocenters. The third-order valence-corrected chi connectivity index (χ3v) is 6.25. The molecule has 0 bridgehead atoms. The number of aromatic nitrogens is 3. The maximum Gasteiger partial charge on any atom is 0.425 e. The zero-order chi connectivity index (χ0) is 27.5. The molecule has 194 valence electrons. The first-order chi connectivity index (χ1) is 17.9. The van der Waals surface area contributed by atoms with Crippen LogP contribution in [0.4, 0.5) is 22.1 Å². The number of hydrogen-bond acceptors (Lipinski definition) is 5. The standard InChI is InChI=1S/C29H31N5O3Si/c1-29(2,3)26(35)33-27-31-24-23(20(19-30-24)17-18-38(4,5)6)25(32-27)37-28(36)34(21-13-9-7-10-14-21)22-15-11-8-12-16-22/h7-16,19H,1-6H3,(H2,30,31,32,33,35). The van der Waals surface area contributed by atoms with Gasteiger partial charge in [0, 0.05) is 11.6 Å². The second-order valence-corrected chi connectivity index (χ2v) is 15.6. The largest absolute Gasteiger partial charge is 0.425 e. The molecule has 0 aliphatic heterocycles. The number of amides is 2. The SMILES string of the molecule is CC(C)(C)C(=O)Nc1nc(OC(=O)N(c2ccccc2)c2ccccc2)c2c(C#C[Si](C)(C)C)c[nH]c2n1. The van der Waals surface area contributed by atoms with Crippen LogP contribution in [0.3, 0.4) is 0 Å². The van der Waals surface area contributed by atoms with E-state index in [-0.39, 0.29) is 17.7 Å². The second-order valence-electron chi connectivity index (χ2n) is 10.9. The smallest absolute Gasteiger partial charge is 0.390 e. The van der Waals surface area contributed by atoms with Gasteiger partial charge < -0.3 is 9.72 Å². The van der Waals surface area contributed by atoms with Crippen LogP contribution in [0, 0.1) is 16.9 Å². The Balaban J connectivity index is 1.82. The number of fused-ring (bicyclic) bond motifs is 1. The molecule has 0 aliphatic carbocycles. The van der Waals surface area contributed by atoms with Crippen molar-refractivity contribution in [1.29, 1.82) is 0 Å². The minimum atomic E-state index is -1.70. The molecule has 2 heterocycles. The molecule has 2 aromatic heterocycles. The lowest BCUT2D eigenvalue weighted by Gasteiger charge is -2.22. The fourth-order valence-corrected chi connectivity index (χ4v) is 3.92. The Morgan fingerprint density at radius 2 is 1.53 bits per heavy atom. The summed E-state index contributed by atoms with van der Waals surface area (Å²) in [6, 6.07) is 18.4. The Labute approximate surface area is 223 Å². The summed E-state index contributed by atoms with van der Waals surface area (Å²) in [6.07, 6.45) is 1.05. The average Bonchev–Trinajstić information content (AvgIpc) is 3.26. The molecule has 4 aromatic rings. The van der Waals surface area contributed by atoms with Gasteiger partial charge >= 0.3 is 6.09 Å². The fraction of sp³-hybridized carbons (Fsp3) is 0.241. The summed E-state index contributed by atoms with van der Waals surface area (Å²) in [4.78, 5) is 39.8. The van der Waals surface area contributed by atoms with Gasteiger partial charge in [-0.15, -0.1) is 5.54 Å². The monoisotopic (exact) mass is 525 g/mol. The minimum Gasteiger partial charge on any atom is -0.390 e. The van der Waals surface area contributed by atoms with Crippen molar-refractivity contribution in [2.45, 2.75) is 40.4 Å². The van der Waals surface area contributed by atoms with Crippen molar-refractivity contribution in [2.75, 3.05) is 10.2 Å². The number of nitrogens with zero attached hydrogens (tertiary/aromatic N) is 3. The number of aromatic amines is 1. The lowest BCUT2D eigenvalue weighted by Crippen LogP contribution is -2.30. The van der Waals surface area contributed by atoms with Gasteiger partial charge in [0.1, 0.15) is 13.7 Å². The van der Waals surface area contributed by atoms with Gasteiger partial charge in [0.05, 0.1) is 22.3 Å². The Morgan fingerprint density at radius 3 is 2.05 bits per heavy atom. The Kier molecular flexibility index (Phi) is 7.37. The molecule has 2 amide bonds. The van der Waals surface area contributed by atoms with E-state index in [2.05, 4.69) is 51.4 Å². The Morgan fingerprint density at radius 1 is 0.947 bits per heavy atom. The molecule has 4 rings (SSSR count). The van der Waals surface area contributed by atoms with E-state index in [1.54, 1.807) is 27.0 Å². The molecule has 0 aliphatic rings. The highest BCUT2D eigenvalue weighted by Crippen LogP contribution is 2.31. The molecule has 0 saturated carbocycles. The molecule has 2 aromatic carbocycles. The van der Waals surface area contributed by atoms with E-state index in [1.165, 1.54) is 4.90 Å². The minimum absolute atomic E-state index is 0.00203. The molecule has 0 spiro atoms. The van der Waals surface area contributed by atoms with Crippen molar-refractivity contribution in [2.24, 2.45) is 5.41 Å². The molecule has 8 nitrogen and oxygen atoms in total. The Bertz CT molecular complexity index is 1490. The van der Waals surface area contributed by atoms with E-state index in [9.17, 15) is 9.59 Å². The lowest BCUT2D eigenvalue weighted by atomic mass is 9.96. The van der Waals surface area contributed by atoms with Crippen LogP contribution in [-0.4, -0.2) is 35.0 Å². The highest BCUT2D eigenvalue weighted by Gasteiger charge is 2.26. The summed E-state index contributed by atoms with van der Waals surface area (Å²) in [6.45, 7) is 11.8. The maximum absolute atomic E-state index is 13.7. The van der Waals surface area contributed by atoms with Crippen LogP contribution in [0.5, 0.6) is 5.88 Å². The topological polar surface area (TPSA) is 100 Å². The third kappa shape index (κ3) is 6.28. The van der Waals surface area contributed by atoms with Gasteiger partial charge in [0.2, 0.25) is 17.7 Å². The third-order valence-electron chi connectivity index (χ3n) is 5.37. The van der Waals surface area contributed by atoms with E-state index < -0.39 is 19.6 Å². The van der Waals surface area contributed by atoms with Crippen molar-refractivity contribution < 1.29 is 14.3 Å². The van der Waals surface area contributed by atoms with E-state index >= 15 is 0 Å². The molecular weight excluding hydrogens is 494 g/mol. The highest BCUT2D eigenvalue weighted by molar-refractivity contribution is 6.83. The first-order valence-electron chi connectivity index (χ1n) is 12.3. The predicted molar refractivity (Wildman–Crippen MR) is 153 cm³/mol. The van der Waals surface area contributed by atoms with Gasteiger partial charge in [-0.2, -0.15) is 9.97 Å². The van der Waals surface area contributed by atoms with Crippen molar-refractivity contribution in [1.82, 2.24) is 15.0 Å². The summed E-state index contributed by atoms with van der Waals surface area (Å²) >= 11 is 0. The maximum atomic E-state index is 13.7. The summed E-state index contributed by atoms with van der Waals surface area (Å²) in [5, 5.41) is 3.20. The first kappa shape index (κ1) is 26.6. The van der Waals surface area contributed by atoms with E-state index in [0.29, 0.717) is 28.0 Å². The second kappa shape index (κ2) is 10.5. The lowest BCUT2D eigenvalue weighted by molar-refractivity contribution is -0.123. The van der Waals surface area contributed by atoms with Crippen molar-refractivity contribution in [3.05, 3.63) is 72.4 Å². The van der Waals surface area contributed by atoms with Crippen LogP contribution < -0.4 is 15.0 Å². The number of ether oxygens (including phenoxy) is 1. The number of hydrogen-bond donors (Lipinski definition) is 2. The van der Waals surface area contributed by atoms with Gasteiger partial charge in [-0.05, 0) is 24.3 Å². The van der Waals surface area contributed by atoms with Crippen molar-refractivity contribution >= 4 is 48.4 Å². The molecule has 2 N–H and O–H groups in total. The molecule has 0 saturated heterocycles. The van der Waals surface area contributed by atoms with Crippen LogP contribution in [0.2, 0.25) is 19.6 Å². The summed E-state index contributed by atoms with van der Waals surface area (Å²) < 4.78 is 5.95. The number of H-pyrrole nitrogens is 1. The quantitative estimate of drug-likeness (QED) is 0.234. The van der Waals surface area contributed by atoms with E-state index in [1.807, 2.05) is 60.7 Å². The number of rotatable bonds is 4. The summed E-state index contributed by atoms with van der Waals surface area (Å²) in [7, 11) is -1.70. The molecule has 9 heteroatoms. The molecular formula is C29H31N5O3Si. The van der Waals surface area contributed by atoms with Crippen LogP contribution in [0.1, 0.15) is 26.3 Å². The fourth-order valence-electron chi connectivity index (χ4n) is 3.41. The molecule has 0 unspecified atom stereocenters. The zero-order valence-electron chi connectivity index (χ0n) is 22.4. The number of nitrogens with one attached hydrogen (secondary N) is 2. The Hall–Kier alpha value is -4.42. The summed E-state index contributed by atoms with van der Waals surface area (Å²) in [5.41, 5.74) is 4.93.